The van der Waals surface area contributed by atoms with Crippen LogP contribution >= 0.6 is 0 Å². The molecular formula is C14H19N5. The van der Waals surface area contributed by atoms with Crippen LogP contribution in [0.3, 0.4) is 0 Å². The van der Waals surface area contributed by atoms with Gasteiger partial charge in [-0.1, -0.05) is 12.1 Å². The van der Waals surface area contributed by atoms with E-state index >= 15 is 0 Å². The van der Waals surface area contributed by atoms with Crippen LogP contribution in [0, 0.1) is 0 Å². The van der Waals surface area contributed by atoms with Gasteiger partial charge < -0.3 is 10.6 Å². The van der Waals surface area contributed by atoms with Crippen molar-refractivity contribution >= 4 is 11.6 Å². The zero-order valence-corrected chi connectivity index (χ0v) is 11.4. The third kappa shape index (κ3) is 2.16. The van der Waals surface area contributed by atoms with Crippen LogP contribution in [0.4, 0.5) is 11.6 Å². The first-order chi connectivity index (χ1) is 9.15. The molecule has 1 unspecified atom stereocenters. The van der Waals surface area contributed by atoms with E-state index in [2.05, 4.69) is 39.2 Å². The number of nitrogen functional groups attached to an aromatic ring is 1. The monoisotopic (exact) mass is 257 g/mol. The largest absolute Gasteiger partial charge is 0.378 e. The Bertz CT molecular complexity index is 570. The van der Waals surface area contributed by atoms with Gasteiger partial charge in [-0.25, -0.2) is 4.68 Å². The van der Waals surface area contributed by atoms with Gasteiger partial charge in [0.2, 0.25) is 5.95 Å². The van der Waals surface area contributed by atoms with Gasteiger partial charge in [-0.3, -0.25) is 0 Å². The molecule has 0 saturated heterocycles. The quantitative estimate of drug-likeness (QED) is 0.892. The van der Waals surface area contributed by atoms with Gasteiger partial charge in [0.15, 0.2) is 0 Å². The van der Waals surface area contributed by atoms with Crippen molar-refractivity contribution < 1.29 is 0 Å². The molecule has 1 aliphatic heterocycles. The predicted octanol–water partition coefficient (Wildman–Crippen LogP) is 1.85. The molecule has 19 heavy (non-hydrogen) atoms. The van der Waals surface area contributed by atoms with E-state index in [1.807, 2.05) is 18.8 Å². The fraction of sp³-hybridized carbons (Fsp3) is 0.429. The van der Waals surface area contributed by atoms with Gasteiger partial charge in [-0.05, 0) is 30.5 Å². The number of hydrogen-bond acceptors (Lipinski definition) is 4. The highest BCUT2D eigenvalue weighted by atomic mass is 15.4. The molecule has 0 amide bonds. The Labute approximate surface area is 113 Å². The summed E-state index contributed by atoms with van der Waals surface area (Å²) >= 11 is 0. The molecule has 0 fully saturated rings. The number of fused-ring (bicyclic) bond motifs is 1. The number of anilines is 2. The maximum Gasteiger partial charge on any atom is 0.239 e. The van der Waals surface area contributed by atoms with Crippen molar-refractivity contribution in [3.05, 3.63) is 35.7 Å². The molecule has 2 aromatic rings. The van der Waals surface area contributed by atoms with Crippen molar-refractivity contribution in [3.63, 3.8) is 0 Å². The lowest BCUT2D eigenvalue weighted by Gasteiger charge is -2.23. The minimum absolute atomic E-state index is 0.315. The average Bonchev–Trinajstić information content (AvgIpc) is 2.78. The molecule has 1 atom stereocenters. The minimum atomic E-state index is 0.315. The van der Waals surface area contributed by atoms with Gasteiger partial charge in [0.25, 0.3) is 0 Å². The number of aryl methyl sites for hydroxylation is 1. The molecule has 0 spiro atoms. The molecule has 0 aliphatic carbocycles. The molecule has 100 valence electrons. The zero-order chi connectivity index (χ0) is 13.4. The van der Waals surface area contributed by atoms with Crippen LogP contribution in [0.25, 0.3) is 0 Å². The Morgan fingerprint density at radius 3 is 2.68 bits per heavy atom. The topological polar surface area (TPSA) is 60.0 Å². The van der Waals surface area contributed by atoms with E-state index in [9.17, 15) is 0 Å². The van der Waals surface area contributed by atoms with E-state index in [1.54, 1.807) is 0 Å². The first kappa shape index (κ1) is 12.0. The highest BCUT2D eigenvalue weighted by molar-refractivity contribution is 5.47. The zero-order valence-electron chi connectivity index (χ0n) is 11.4. The summed E-state index contributed by atoms with van der Waals surface area (Å²) < 4.78 is 1.95. The SMILES string of the molecule is CN(C)c1ccc(C2CCCn3nc(N)nc32)cc1. The van der Waals surface area contributed by atoms with Gasteiger partial charge in [0.05, 0.1) is 0 Å². The van der Waals surface area contributed by atoms with E-state index in [4.69, 9.17) is 5.73 Å². The maximum atomic E-state index is 5.71. The van der Waals surface area contributed by atoms with E-state index < -0.39 is 0 Å². The number of hydrogen-bond donors (Lipinski definition) is 1. The molecule has 2 N–H and O–H groups in total. The second kappa shape index (κ2) is 4.57. The normalized spacial score (nSPS) is 18.1. The summed E-state index contributed by atoms with van der Waals surface area (Å²) in [7, 11) is 4.10. The van der Waals surface area contributed by atoms with Crippen LogP contribution in [0.15, 0.2) is 24.3 Å². The molecule has 1 aliphatic rings. The molecule has 5 heteroatoms. The van der Waals surface area contributed by atoms with E-state index in [0.29, 0.717) is 11.9 Å². The summed E-state index contributed by atoms with van der Waals surface area (Å²) in [5, 5.41) is 4.25. The molecule has 0 saturated carbocycles. The number of benzene rings is 1. The summed E-state index contributed by atoms with van der Waals surface area (Å²) in [6.07, 6.45) is 2.23. The summed E-state index contributed by atoms with van der Waals surface area (Å²) in [5.41, 5.74) is 8.21. The van der Waals surface area contributed by atoms with Crippen molar-refractivity contribution in [3.8, 4) is 0 Å². The molecular weight excluding hydrogens is 238 g/mol. The van der Waals surface area contributed by atoms with Gasteiger partial charge >= 0.3 is 0 Å². The molecule has 0 bridgehead atoms. The van der Waals surface area contributed by atoms with Gasteiger partial charge in [-0.15, -0.1) is 5.10 Å². The summed E-state index contributed by atoms with van der Waals surface area (Å²) in [4.78, 5) is 6.49. The summed E-state index contributed by atoms with van der Waals surface area (Å²) in [5.74, 6) is 1.70. The van der Waals surface area contributed by atoms with Crippen molar-refractivity contribution in [2.45, 2.75) is 25.3 Å². The lowest BCUT2D eigenvalue weighted by Crippen LogP contribution is -2.18. The Morgan fingerprint density at radius 2 is 2.00 bits per heavy atom. The molecule has 2 heterocycles. The summed E-state index contributed by atoms with van der Waals surface area (Å²) in [6, 6.07) is 8.66. The van der Waals surface area contributed by atoms with Crippen LogP contribution in [-0.2, 0) is 6.54 Å². The fourth-order valence-corrected chi connectivity index (χ4v) is 2.69. The smallest absolute Gasteiger partial charge is 0.239 e. The number of nitrogens with two attached hydrogens (primary N) is 1. The Hall–Kier alpha value is -2.04. The minimum Gasteiger partial charge on any atom is -0.378 e. The summed E-state index contributed by atoms with van der Waals surface area (Å²) in [6.45, 7) is 0.922. The van der Waals surface area contributed by atoms with Crippen molar-refractivity contribution in [1.82, 2.24) is 14.8 Å². The van der Waals surface area contributed by atoms with Crippen molar-refractivity contribution in [2.75, 3.05) is 24.7 Å². The second-order valence-corrected chi connectivity index (χ2v) is 5.23. The first-order valence-corrected chi connectivity index (χ1v) is 6.62. The highest BCUT2D eigenvalue weighted by Crippen LogP contribution is 2.33. The average molecular weight is 257 g/mol. The number of rotatable bonds is 2. The second-order valence-electron chi connectivity index (χ2n) is 5.23. The Kier molecular flexibility index (Phi) is 2.89. The Morgan fingerprint density at radius 1 is 1.26 bits per heavy atom. The van der Waals surface area contributed by atoms with E-state index in [0.717, 1.165) is 25.2 Å². The number of aromatic nitrogens is 3. The van der Waals surface area contributed by atoms with Gasteiger partial charge in [0, 0.05) is 32.2 Å². The third-order valence-electron chi connectivity index (χ3n) is 3.70. The lowest BCUT2D eigenvalue weighted by molar-refractivity contribution is 0.446. The maximum absolute atomic E-state index is 5.71. The van der Waals surface area contributed by atoms with Crippen molar-refractivity contribution in [2.24, 2.45) is 0 Å². The Balaban J connectivity index is 1.94. The van der Waals surface area contributed by atoms with Crippen LogP contribution in [-0.4, -0.2) is 28.9 Å². The molecule has 1 aromatic carbocycles. The first-order valence-electron chi connectivity index (χ1n) is 6.62. The van der Waals surface area contributed by atoms with Crippen molar-refractivity contribution in [1.29, 1.82) is 0 Å². The predicted molar refractivity (Wildman–Crippen MR) is 76.3 cm³/mol. The van der Waals surface area contributed by atoms with Gasteiger partial charge in [0.1, 0.15) is 5.82 Å². The highest BCUT2D eigenvalue weighted by Gasteiger charge is 2.25. The van der Waals surface area contributed by atoms with Crippen LogP contribution in [0.5, 0.6) is 0 Å². The third-order valence-corrected chi connectivity index (χ3v) is 3.70. The van der Waals surface area contributed by atoms with E-state index in [-0.39, 0.29) is 0 Å². The lowest BCUT2D eigenvalue weighted by atomic mass is 9.91. The standard InChI is InChI=1S/C14H19N5/c1-18(2)11-7-5-10(6-8-11)12-4-3-9-19-13(12)16-14(15)17-19/h5-8,12H,3-4,9H2,1-2H3,(H2,15,17). The number of nitrogens with zero attached hydrogens (tertiary/aromatic N) is 4. The van der Waals surface area contributed by atoms with Crippen LogP contribution in [0.1, 0.15) is 30.1 Å². The fourth-order valence-electron chi connectivity index (χ4n) is 2.69. The molecule has 3 rings (SSSR count). The van der Waals surface area contributed by atoms with Gasteiger partial charge in [-0.2, -0.15) is 4.98 Å². The van der Waals surface area contributed by atoms with Crippen LogP contribution in [0.2, 0.25) is 0 Å². The van der Waals surface area contributed by atoms with E-state index in [1.165, 1.54) is 11.3 Å². The molecule has 1 aromatic heterocycles. The van der Waals surface area contributed by atoms with Crippen LogP contribution < -0.4 is 10.6 Å². The molecule has 0 radical (unpaired) electrons. The molecule has 5 nitrogen and oxygen atoms in total.